The molecule has 0 aliphatic rings. The predicted molar refractivity (Wildman–Crippen MR) is 43.9 cm³/mol. The molecule has 0 aromatic carbocycles. The summed E-state index contributed by atoms with van der Waals surface area (Å²) in [6, 6.07) is 0. The zero-order valence-electron chi connectivity index (χ0n) is 6.08. The van der Waals surface area contributed by atoms with Crippen molar-refractivity contribution in [1.82, 2.24) is 0 Å². The molecule has 0 amide bonds. The van der Waals surface area contributed by atoms with Gasteiger partial charge in [0.15, 0.2) is 0 Å². The van der Waals surface area contributed by atoms with Crippen molar-refractivity contribution < 1.29 is 26.1 Å². The van der Waals surface area contributed by atoms with Gasteiger partial charge in [-0.15, -0.1) is 0 Å². The summed E-state index contributed by atoms with van der Waals surface area (Å²) in [7, 11) is -4.52. The van der Waals surface area contributed by atoms with E-state index in [2.05, 4.69) is 0 Å². The summed E-state index contributed by atoms with van der Waals surface area (Å²) in [5, 5.41) is 0. The van der Waals surface area contributed by atoms with Crippen LogP contribution in [-0.4, -0.2) is 56.6 Å². The van der Waals surface area contributed by atoms with Crippen molar-refractivity contribution in [2.45, 2.75) is 18.8 Å². The molecule has 0 radical (unpaired) electrons. The van der Waals surface area contributed by atoms with Gasteiger partial charge in [0.2, 0.25) is 0 Å². The fraction of sp³-hybridized carbons (Fsp3) is 1.00. The first-order valence-electron chi connectivity index (χ1n) is 3.16. The average molecular weight is 214 g/mol. The SMILES string of the molecule is O=S(=O)(O)CC(F)C(F)CCF.[LiH]. The van der Waals surface area contributed by atoms with Crippen LogP contribution in [0.5, 0.6) is 0 Å². The van der Waals surface area contributed by atoms with Crippen molar-refractivity contribution in [3.63, 3.8) is 0 Å². The van der Waals surface area contributed by atoms with Crippen LogP contribution in [0, 0.1) is 0 Å². The minimum atomic E-state index is -4.52. The summed E-state index contributed by atoms with van der Waals surface area (Å²) in [4.78, 5) is 0. The maximum atomic E-state index is 12.4. The second-order valence-corrected chi connectivity index (χ2v) is 3.76. The fourth-order valence-corrected chi connectivity index (χ4v) is 1.20. The van der Waals surface area contributed by atoms with Crippen LogP contribution in [0.15, 0.2) is 0 Å². The summed E-state index contributed by atoms with van der Waals surface area (Å²) in [6.07, 6.45) is -5.25. The van der Waals surface area contributed by atoms with Crippen LogP contribution in [0.2, 0.25) is 0 Å². The van der Waals surface area contributed by atoms with Crippen LogP contribution in [0.25, 0.3) is 0 Å². The topological polar surface area (TPSA) is 54.4 Å². The third-order valence-electron chi connectivity index (χ3n) is 1.15. The first kappa shape index (κ1) is 15.8. The Balaban J connectivity index is 0. The van der Waals surface area contributed by atoms with E-state index in [0.717, 1.165) is 0 Å². The van der Waals surface area contributed by atoms with Crippen LogP contribution in [-0.2, 0) is 10.1 Å². The Morgan fingerprint density at radius 2 is 1.69 bits per heavy atom. The molecule has 3 nitrogen and oxygen atoms in total. The molecular formula is C5H10F3LiO3S. The fourth-order valence-electron chi connectivity index (χ4n) is 0.591. The average Bonchev–Trinajstić information content (AvgIpc) is 1.84. The van der Waals surface area contributed by atoms with E-state index < -0.39 is 41.3 Å². The van der Waals surface area contributed by atoms with E-state index in [4.69, 9.17) is 4.55 Å². The van der Waals surface area contributed by atoms with Gasteiger partial charge in [-0.05, 0) is 0 Å². The molecule has 76 valence electrons. The normalized spacial score (nSPS) is 16.0. The van der Waals surface area contributed by atoms with Crippen LogP contribution >= 0.6 is 0 Å². The Morgan fingerprint density at radius 1 is 1.23 bits per heavy atom. The van der Waals surface area contributed by atoms with Gasteiger partial charge in [0.1, 0.15) is 18.1 Å². The van der Waals surface area contributed by atoms with E-state index in [1.54, 1.807) is 0 Å². The molecule has 0 rings (SSSR count). The zero-order valence-corrected chi connectivity index (χ0v) is 6.90. The Morgan fingerprint density at radius 3 is 2.00 bits per heavy atom. The van der Waals surface area contributed by atoms with Gasteiger partial charge >= 0.3 is 18.9 Å². The summed E-state index contributed by atoms with van der Waals surface area (Å²) >= 11 is 0. The zero-order chi connectivity index (χ0) is 9.78. The first-order chi connectivity index (χ1) is 5.37. The van der Waals surface area contributed by atoms with Crippen molar-refractivity contribution in [3.8, 4) is 0 Å². The molecule has 2 atom stereocenters. The van der Waals surface area contributed by atoms with Crippen LogP contribution in [0.3, 0.4) is 0 Å². The Bertz CT molecular complexity index is 221. The molecule has 0 aliphatic carbocycles. The first-order valence-corrected chi connectivity index (χ1v) is 4.77. The second kappa shape index (κ2) is 6.71. The van der Waals surface area contributed by atoms with Gasteiger partial charge in [-0.3, -0.25) is 8.94 Å². The maximum absolute atomic E-state index is 12.4. The minimum absolute atomic E-state index is 0. The molecule has 0 saturated carbocycles. The predicted octanol–water partition coefficient (Wildman–Crippen LogP) is 0.262. The summed E-state index contributed by atoms with van der Waals surface area (Å²) < 4.78 is 64.2. The molecule has 1 N–H and O–H groups in total. The van der Waals surface area contributed by atoms with Crippen molar-refractivity contribution in [1.29, 1.82) is 0 Å². The molecule has 8 heteroatoms. The molecule has 2 unspecified atom stereocenters. The summed E-state index contributed by atoms with van der Waals surface area (Å²) in [6.45, 7) is -1.06. The van der Waals surface area contributed by atoms with Crippen molar-refractivity contribution in [2.75, 3.05) is 12.4 Å². The molecule has 0 saturated heterocycles. The van der Waals surface area contributed by atoms with Gasteiger partial charge in [-0.1, -0.05) is 0 Å². The molecule has 13 heavy (non-hydrogen) atoms. The Labute approximate surface area is 86.6 Å². The second-order valence-electron chi connectivity index (χ2n) is 2.26. The van der Waals surface area contributed by atoms with Crippen LogP contribution in [0.4, 0.5) is 13.2 Å². The van der Waals surface area contributed by atoms with E-state index in [1.807, 2.05) is 0 Å². The number of alkyl halides is 3. The molecule has 0 aromatic heterocycles. The molecule has 0 heterocycles. The van der Waals surface area contributed by atoms with E-state index >= 15 is 0 Å². The van der Waals surface area contributed by atoms with Crippen molar-refractivity contribution >= 4 is 29.0 Å². The third-order valence-corrected chi connectivity index (χ3v) is 1.89. The number of halogens is 3. The molecule has 0 bridgehead atoms. The standard InChI is InChI=1S/C5H9F3O3S.Li.H/c6-2-1-4(7)5(8)3-12(9,10)11;;/h4-5H,1-3H2,(H,9,10,11);;. The van der Waals surface area contributed by atoms with Gasteiger partial charge in [-0.25, -0.2) is 8.78 Å². The van der Waals surface area contributed by atoms with E-state index in [1.165, 1.54) is 0 Å². The quantitative estimate of drug-likeness (QED) is 0.527. The van der Waals surface area contributed by atoms with E-state index in [9.17, 15) is 21.6 Å². The summed E-state index contributed by atoms with van der Waals surface area (Å²) in [5.74, 6) is -1.33. The van der Waals surface area contributed by atoms with E-state index in [-0.39, 0.29) is 18.9 Å². The van der Waals surface area contributed by atoms with E-state index in [0.29, 0.717) is 0 Å². The monoisotopic (exact) mass is 214 g/mol. The van der Waals surface area contributed by atoms with Gasteiger partial charge in [0.25, 0.3) is 10.1 Å². The Hall–Kier alpha value is 0.297. The Kier molecular flexibility index (Phi) is 8.13. The molecule has 0 aromatic rings. The van der Waals surface area contributed by atoms with Crippen LogP contribution in [0.1, 0.15) is 6.42 Å². The van der Waals surface area contributed by atoms with Crippen molar-refractivity contribution in [2.24, 2.45) is 0 Å². The van der Waals surface area contributed by atoms with Crippen molar-refractivity contribution in [3.05, 3.63) is 0 Å². The third kappa shape index (κ3) is 8.62. The number of hydrogen-bond donors (Lipinski definition) is 1. The summed E-state index contributed by atoms with van der Waals surface area (Å²) in [5.41, 5.74) is 0. The number of hydrogen-bond acceptors (Lipinski definition) is 2. The van der Waals surface area contributed by atoms with Gasteiger partial charge < -0.3 is 0 Å². The number of rotatable bonds is 5. The molecular weight excluding hydrogens is 204 g/mol. The van der Waals surface area contributed by atoms with Crippen LogP contribution < -0.4 is 0 Å². The van der Waals surface area contributed by atoms with Gasteiger partial charge in [0.05, 0.1) is 6.67 Å². The molecule has 0 aliphatic heterocycles. The molecule has 0 spiro atoms. The molecule has 0 fully saturated rings. The van der Waals surface area contributed by atoms with Gasteiger partial charge in [0, 0.05) is 6.42 Å². The van der Waals surface area contributed by atoms with Gasteiger partial charge in [-0.2, -0.15) is 8.42 Å².